The minimum absolute atomic E-state index is 0.101. The van der Waals surface area contributed by atoms with Gasteiger partial charge in [-0.1, -0.05) is 18.2 Å². The number of esters is 1. The molecule has 4 amide bonds. The molecule has 0 N–H and O–H groups in total. The highest BCUT2D eigenvalue weighted by atomic mass is 16.5. The molecule has 0 atom stereocenters. The number of para-hydroxylation sites is 1. The Balaban J connectivity index is 1.74. The number of nitrogens with zero attached hydrogens (tertiary/aromatic N) is 3. The van der Waals surface area contributed by atoms with Crippen LogP contribution in [0.2, 0.25) is 0 Å². The van der Waals surface area contributed by atoms with Gasteiger partial charge in [0.25, 0.3) is 11.8 Å². The number of carbonyl (C=O) groups is 4. The number of rotatable bonds is 4. The highest BCUT2D eigenvalue weighted by molar-refractivity contribution is 6.39. The SMILES string of the molecule is CC(=O)Oc1ccc(-n2c(C)cc(/C=C3\C(=O)N(C)C(=O)N(c4ccccc4)C3=O)c2C)cc1. The van der Waals surface area contributed by atoms with Crippen molar-refractivity contribution in [2.45, 2.75) is 20.8 Å². The molecule has 4 rings (SSSR count). The van der Waals surface area contributed by atoms with Crippen molar-refractivity contribution in [1.82, 2.24) is 9.47 Å². The minimum atomic E-state index is -0.698. The van der Waals surface area contributed by atoms with E-state index in [0.717, 1.165) is 26.9 Å². The molecule has 1 saturated heterocycles. The van der Waals surface area contributed by atoms with Crippen molar-refractivity contribution in [3.63, 3.8) is 0 Å². The Morgan fingerprint density at radius 3 is 2.15 bits per heavy atom. The molecule has 0 radical (unpaired) electrons. The molecule has 1 aliphatic heterocycles. The van der Waals surface area contributed by atoms with E-state index in [2.05, 4.69) is 0 Å². The standard InChI is InChI=1S/C26H23N3O5/c1-16-14-19(17(2)28(16)21-10-12-22(13-11-21)34-18(3)30)15-23-24(31)27(4)26(33)29(25(23)32)20-8-6-5-7-9-20/h5-15H,1-4H3/b23-15+. The molecule has 2 aromatic carbocycles. The zero-order valence-corrected chi connectivity index (χ0v) is 19.2. The number of likely N-dealkylation sites (N-methyl/N-ethyl adjacent to an activating group) is 1. The van der Waals surface area contributed by atoms with Crippen LogP contribution < -0.4 is 9.64 Å². The number of benzene rings is 2. The lowest BCUT2D eigenvalue weighted by Crippen LogP contribution is -2.55. The van der Waals surface area contributed by atoms with Crippen molar-refractivity contribution in [3.05, 3.63) is 83.2 Å². The number of aromatic nitrogens is 1. The normalized spacial score (nSPS) is 15.3. The van der Waals surface area contributed by atoms with Crippen molar-refractivity contribution in [3.8, 4) is 11.4 Å². The third kappa shape index (κ3) is 4.01. The van der Waals surface area contributed by atoms with E-state index < -0.39 is 23.8 Å². The Kier molecular flexibility index (Phi) is 5.89. The first kappa shape index (κ1) is 22.7. The maximum Gasteiger partial charge on any atom is 0.338 e. The van der Waals surface area contributed by atoms with Gasteiger partial charge in [0.1, 0.15) is 11.3 Å². The van der Waals surface area contributed by atoms with E-state index in [9.17, 15) is 19.2 Å². The molecule has 0 spiro atoms. The Morgan fingerprint density at radius 2 is 1.53 bits per heavy atom. The average Bonchev–Trinajstić information content (AvgIpc) is 3.09. The molecule has 34 heavy (non-hydrogen) atoms. The fourth-order valence-electron chi connectivity index (χ4n) is 3.96. The van der Waals surface area contributed by atoms with Crippen LogP contribution >= 0.6 is 0 Å². The topological polar surface area (TPSA) is 88.9 Å². The number of anilines is 1. The van der Waals surface area contributed by atoms with Gasteiger partial charge in [0.15, 0.2) is 0 Å². The number of amides is 4. The summed E-state index contributed by atoms with van der Waals surface area (Å²) < 4.78 is 7.05. The van der Waals surface area contributed by atoms with Crippen molar-refractivity contribution in [2.24, 2.45) is 0 Å². The molecular formula is C26H23N3O5. The maximum atomic E-state index is 13.2. The van der Waals surface area contributed by atoms with Gasteiger partial charge in [0.05, 0.1) is 5.69 Å². The second kappa shape index (κ2) is 8.82. The number of barbiturate groups is 1. The number of hydrogen-bond donors (Lipinski definition) is 0. The summed E-state index contributed by atoms with van der Waals surface area (Å²) in [6.07, 6.45) is 1.52. The number of hydrogen-bond acceptors (Lipinski definition) is 5. The first-order chi connectivity index (χ1) is 16.2. The van der Waals surface area contributed by atoms with Gasteiger partial charge in [-0.2, -0.15) is 0 Å². The molecule has 0 saturated carbocycles. The zero-order chi connectivity index (χ0) is 24.6. The van der Waals surface area contributed by atoms with E-state index in [1.54, 1.807) is 42.5 Å². The summed E-state index contributed by atoms with van der Waals surface area (Å²) in [7, 11) is 1.36. The molecule has 0 bridgehead atoms. The molecule has 8 nitrogen and oxygen atoms in total. The zero-order valence-electron chi connectivity index (χ0n) is 19.2. The van der Waals surface area contributed by atoms with Gasteiger partial charge in [0.2, 0.25) is 0 Å². The molecule has 8 heteroatoms. The highest BCUT2D eigenvalue weighted by Crippen LogP contribution is 2.28. The van der Waals surface area contributed by atoms with Gasteiger partial charge in [-0.25, -0.2) is 9.69 Å². The number of imide groups is 2. The summed E-state index contributed by atoms with van der Waals surface area (Å²) in [5.41, 5.74) is 3.47. The predicted octanol–water partition coefficient (Wildman–Crippen LogP) is 4.03. The van der Waals surface area contributed by atoms with E-state index in [4.69, 9.17) is 4.74 Å². The molecule has 1 fully saturated rings. The van der Waals surface area contributed by atoms with Crippen LogP contribution in [0.15, 0.2) is 66.2 Å². The van der Waals surface area contributed by atoms with Gasteiger partial charge >= 0.3 is 12.0 Å². The third-order valence-electron chi connectivity index (χ3n) is 5.59. The van der Waals surface area contributed by atoms with Crippen LogP contribution in [0.3, 0.4) is 0 Å². The summed E-state index contributed by atoms with van der Waals surface area (Å²) in [5.74, 6) is -1.29. The lowest BCUT2D eigenvalue weighted by atomic mass is 10.1. The van der Waals surface area contributed by atoms with Crippen LogP contribution in [0.4, 0.5) is 10.5 Å². The van der Waals surface area contributed by atoms with E-state index in [-0.39, 0.29) is 5.57 Å². The van der Waals surface area contributed by atoms with Crippen molar-refractivity contribution < 1.29 is 23.9 Å². The molecule has 172 valence electrons. The van der Waals surface area contributed by atoms with Crippen LogP contribution in [-0.4, -0.2) is 40.3 Å². The predicted molar refractivity (Wildman–Crippen MR) is 127 cm³/mol. The summed E-state index contributed by atoms with van der Waals surface area (Å²) >= 11 is 0. The van der Waals surface area contributed by atoms with E-state index in [1.165, 1.54) is 20.0 Å². The molecule has 1 aromatic heterocycles. The number of ether oxygens (including phenoxy) is 1. The molecule has 1 aliphatic rings. The highest BCUT2D eigenvalue weighted by Gasteiger charge is 2.41. The van der Waals surface area contributed by atoms with E-state index in [0.29, 0.717) is 17.0 Å². The second-order valence-electron chi connectivity index (χ2n) is 7.93. The summed E-state index contributed by atoms with van der Waals surface area (Å²) in [4.78, 5) is 51.9. The first-order valence-corrected chi connectivity index (χ1v) is 10.6. The fraction of sp³-hybridized carbons (Fsp3) is 0.154. The molecule has 2 heterocycles. The van der Waals surface area contributed by atoms with Crippen LogP contribution in [0.5, 0.6) is 5.75 Å². The largest absolute Gasteiger partial charge is 0.427 e. The lowest BCUT2D eigenvalue weighted by molar-refractivity contribution is -0.132. The number of carbonyl (C=O) groups excluding carboxylic acids is 4. The van der Waals surface area contributed by atoms with E-state index >= 15 is 0 Å². The molecular weight excluding hydrogens is 434 g/mol. The smallest absolute Gasteiger partial charge is 0.338 e. The van der Waals surface area contributed by atoms with Gasteiger partial charge < -0.3 is 9.30 Å². The monoisotopic (exact) mass is 457 g/mol. The molecule has 3 aromatic rings. The Hall–Kier alpha value is -4.46. The average molecular weight is 457 g/mol. The van der Waals surface area contributed by atoms with Crippen molar-refractivity contribution >= 4 is 35.6 Å². The number of aryl methyl sites for hydroxylation is 1. The summed E-state index contributed by atoms with van der Waals surface area (Å²) in [6, 6.07) is 16.7. The van der Waals surface area contributed by atoms with Gasteiger partial charge in [-0.05, 0) is 68.0 Å². The lowest BCUT2D eigenvalue weighted by Gasteiger charge is -2.31. The van der Waals surface area contributed by atoms with Crippen LogP contribution in [0, 0.1) is 13.8 Å². The van der Waals surface area contributed by atoms with Crippen molar-refractivity contribution in [1.29, 1.82) is 0 Å². The summed E-state index contributed by atoms with van der Waals surface area (Å²) in [6.45, 7) is 5.12. The molecule has 0 aliphatic carbocycles. The summed E-state index contributed by atoms with van der Waals surface area (Å²) in [5, 5.41) is 0. The quantitative estimate of drug-likeness (QED) is 0.255. The van der Waals surface area contributed by atoms with Crippen LogP contribution in [0.1, 0.15) is 23.9 Å². The number of urea groups is 1. The fourth-order valence-corrected chi connectivity index (χ4v) is 3.96. The van der Waals surface area contributed by atoms with E-state index in [1.807, 2.05) is 36.6 Å². The maximum absolute atomic E-state index is 13.2. The van der Waals surface area contributed by atoms with Gasteiger partial charge in [0, 0.05) is 31.0 Å². The molecule has 0 unspecified atom stereocenters. The van der Waals surface area contributed by atoms with Crippen molar-refractivity contribution in [2.75, 3.05) is 11.9 Å². The first-order valence-electron chi connectivity index (χ1n) is 10.6. The Bertz CT molecular complexity index is 1340. The Morgan fingerprint density at radius 1 is 0.882 bits per heavy atom. The second-order valence-corrected chi connectivity index (χ2v) is 7.93. The van der Waals surface area contributed by atoms with Gasteiger partial charge in [-0.3, -0.25) is 19.3 Å². The Labute approximate surface area is 196 Å². The van der Waals surface area contributed by atoms with Crippen LogP contribution in [0.25, 0.3) is 11.8 Å². The van der Waals surface area contributed by atoms with Gasteiger partial charge in [-0.15, -0.1) is 0 Å². The minimum Gasteiger partial charge on any atom is -0.427 e. The van der Waals surface area contributed by atoms with Crippen LogP contribution in [-0.2, 0) is 14.4 Å². The third-order valence-corrected chi connectivity index (χ3v) is 5.59.